The molecule has 1 aliphatic rings. The Labute approximate surface area is 170 Å². The first-order valence-corrected chi connectivity index (χ1v) is 10.3. The highest BCUT2D eigenvalue weighted by Gasteiger charge is 2.23. The number of carbonyl (C=O) groups is 1. The summed E-state index contributed by atoms with van der Waals surface area (Å²) in [5, 5.41) is -0.0227. The molecule has 1 saturated heterocycles. The van der Waals surface area contributed by atoms with Crippen molar-refractivity contribution in [3.63, 3.8) is 0 Å². The van der Waals surface area contributed by atoms with Crippen molar-refractivity contribution in [2.75, 3.05) is 42.9 Å². The predicted molar refractivity (Wildman–Crippen MR) is 114 cm³/mol. The summed E-state index contributed by atoms with van der Waals surface area (Å²) in [7, 11) is 1.55. The molecule has 28 heavy (non-hydrogen) atoms. The number of hydrogen-bond donors (Lipinski definition) is 1. The van der Waals surface area contributed by atoms with Gasteiger partial charge in [-0.3, -0.25) is 4.79 Å². The first-order valence-electron chi connectivity index (χ1n) is 9.47. The summed E-state index contributed by atoms with van der Waals surface area (Å²) in [6.07, 6.45) is 1.01. The van der Waals surface area contributed by atoms with Gasteiger partial charge < -0.3 is 19.3 Å². The van der Waals surface area contributed by atoms with E-state index in [2.05, 4.69) is 50.8 Å². The molecule has 0 spiro atoms. The van der Waals surface area contributed by atoms with Gasteiger partial charge in [0, 0.05) is 43.8 Å². The number of para-hydroxylation sites is 1. The van der Waals surface area contributed by atoms with Crippen LogP contribution in [0.2, 0.25) is 0 Å². The minimum atomic E-state index is -0.0227. The standard InChI is InChI=1S/C20H27N5O2S/c1-5-16-8-6-7-9-17(16)24-10-12-25(13-11-24)20(26)28-23-18-19(27-4)22-15(3)14(2)21-18/h6-9H,5,10-13H2,1-4H3,(H,21,23). The minimum Gasteiger partial charge on any atom is -0.478 e. The summed E-state index contributed by atoms with van der Waals surface area (Å²) < 4.78 is 8.27. The van der Waals surface area contributed by atoms with Crippen LogP contribution < -0.4 is 14.4 Å². The number of piperazine rings is 1. The zero-order valence-corrected chi connectivity index (χ0v) is 17.7. The van der Waals surface area contributed by atoms with E-state index in [1.807, 2.05) is 18.7 Å². The second kappa shape index (κ2) is 9.14. The number of anilines is 2. The van der Waals surface area contributed by atoms with Crippen molar-refractivity contribution >= 4 is 28.7 Å². The lowest BCUT2D eigenvalue weighted by molar-refractivity contribution is 0.219. The van der Waals surface area contributed by atoms with Crippen molar-refractivity contribution in [1.82, 2.24) is 14.9 Å². The summed E-state index contributed by atoms with van der Waals surface area (Å²) in [6, 6.07) is 8.49. The van der Waals surface area contributed by atoms with Gasteiger partial charge in [-0.05, 0) is 31.9 Å². The maximum absolute atomic E-state index is 12.6. The van der Waals surface area contributed by atoms with Gasteiger partial charge in [-0.25, -0.2) is 9.97 Å². The Balaban J connectivity index is 1.57. The first kappa shape index (κ1) is 20.3. The maximum atomic E-state index is 12.6. The van der Waals surface area contributed by atoms with Crippen LogP contribution in [-0.2, 0) is 6.42 Å². The molecule has 1 aliphatic heterocycles. The largest absolute Gasteiger partial charge is 0.478 e. The molecule has 1 aromatic carbocycles. The van der Waals surface area contributed by atoms with Crippen LogP contribution in [0.4, 0.5) is 16.3 Å². The third-order valence-corrected chi connectivity index (χ3v) is 5.68. The number of methoxy groups -OCH3 is 1. The molecule has 1 amide bonds. The smallest absolute Gasteiger partial charge is 0.302 e. The SMILES string of the molecule is CCc1ccccc1N1CCN(C(=O)SNc2nc(C)c(C)nc2OC)CC1. The van der Waals surface area contributed by atoms with Crippen LogP contribution in [0.5, 0.6) is 5.88 Å². The molecule has 7 nitrogen and oxygen atoms in total. The number of rotatable bonds is 5. The average Bonchev–Trinajstić information content (AvgIpc) is 2.74. The molecule has 2 aromatic rings. The number of nitrogens with zero attached hydrogens (tertiary/aromatic N) is 4. The van der Waals surface area contributed by atoms with Gasteiger partial charge in [0.25, 0.3) is 5.88 Å². The van der Waals surface area contributed by atoms with Crippen molar-refractivity contribution in [1.29, 1.82) is 0 Å². The molecule has 1 aromatic heterocycles. The molecule has 1 N–H and O–H groups in total. The van der Waals surface area contributed by atoms with Crippen LogP contribution in [0.3, 0.4) is 0 Å². The van der Waals surface area contributed by atoms with Gasteiger partial charge in [0.05, 0.1) is 18.5 Å². The molecule has 0 unspecified atom stereocenters. The van der Waals surface area contributed by atoms with Gasteiger partial charge >= 0.3 is 5.24 Å². The maximum Gasteiger partial charge on any atom is 0.302 e. The minimum absolute atomic E-state index is 0.0227. The Hall–Kier alpha value is -2.48. The van der Waals surface area contributed by atoms with E-state index in [1.54, 1.807) is 7.11 Å². The van der Waals surface area contributed by atoms with E-state index < -0.39 is 0 Å². The molecule has 2 heterocycles. The summed E-state index contributed by atoms with van der Waals surface area (Å²) >= 11 is 1.02. The second-order valence-electron chi connectivity index (χ2n) is 6.68. The zero-order chi connectivity index (χ0) is 20.1. The van der Waals surface area contributed by atoms with Gasteiger partial charge in [-0.15, -0.1) is 0 Å². The normalized spacial score (nSPS) is 14.1. The summed E-state index contributed by atoms with van der Waals surface area (Å²) in [5.41, 5.74) is 4.23. The molecule has 0 atom stereocenters. The molecule has 0 aliphatic carbocycles. The lowest BCUT2D eigenvalue weighted by atomic mass is 10.1. The lowest BCUT2D eigenvalue weighted by Crippen LogP contribution is -2.48. The Bertz CT molecular complexity index is 837. The number of amides is 1. The van der Waals surface area contributed by atoms with Crippen molar-refractivity contribution < 1.29 is 9.53 Å². The van der Waals surface area contributed by atoms with Crippen LogP contribution in [-0.4, -0.2) is 53.4 Å². The molecule has 0 radical (unpaired) electrons. The van der Waals surface area contributed by atoms with Crippen molar-refractivity contribution in [3.8, 4) is 5.88 Å². The van der Waals surface area contributed by atoms with Gasteiger partial charge in [0.2, 0.25) is 0 Å². The molecular formula is C20H27N5O2S. The number of aryl methyl sites for hydroxylation is 3. The van der Waals surface area contributed by atoms with E-state index in [0.29, 0.717) is 24.8 Å². The number of carbonyl (C=O) groups excluding carboxylic acids is 1. The van der Waals surface area contributed by atoms with Gasteiger partial charge in [0.1, 0.15) is 0 Å². The monoisotopic (exact) mass is 401 g/mol. The van der Waals surface area contributed by atoms with E-state index in [1.165, 1.54) is 11.3 Å². The number of nitrogens with one attached hydrogen (secondary N) is 1. The number of aromatic nitrogens is 2. The van der Waals surface area contributed by atoms with E-state index >= 15 is 0 Å². The van der Waals surface area contributed by atoms with E-state index in [9.17, 15) is 4.79 Å². The van der Waals surface area contributed by atoms with Crippen LogP contribution in [0, 0.1) is 13.8 Å². The fraction of sp³-hybridized carbons (Fsp3) is 0.450. The van der Waals surface area contributed by atoms with Gasteiger partial charge in [-0.1, -0.05) is 25.1 Å². The highest BCUT2D eigenvalue weighted by Crippen LogP contribution is 2.26. The molecule has 3 rings (SSSR count). The van der Waals surface area contributed by atoms with Crippen LogP contribution >= 0.6 is 11.9 Å². The molecular weight excluding hydrogens is 374 g/mol. The van der Waals surface area contributed by atoms with E-state index in [4.69, 9.17) is 4.74 Å². The summed E-state index contributed by atoms with van der Waals surface area (Å²) in [4.78, 5) is 25.6. The molecule has 150 valence electrons. The number of benzene rings is 1. The van der Waals surface area contributed by atoms with Crippen molar-refractivity contribution in [2.24, 2.45) is 0 Å². The lowest BCUT2D eigenvalue weighted by Gasteiger charge is -2.36. The number of ether oxygens (including phenoxy) is 1. The molecule has 0 bridgehead atoms. The predicted octanol–water partition coefficient (Wildman–Crippen LogP) is 3.67. The third kappa shape index (κ3) is 4.49. The summed E-state index contributed by atoms with van der Waals surface area (Å²) in [6.45, 7) is 8.98. The topological polar surface area (TPSA) is 70.6 Å². The van der Waals surface area contributed by atoms with Crippen LogP contribution in [0.1, 0.15) is 23.9 Å². The van der Waals surface area contributed by atoms with Crippen LogP contribution in [0.25, 0.3) is 0 Å². The van der Waals surface area contributed by atoms with E-state index in [-0.39, 0.29) is 5.24 Å². The van der Waals surface area contributed by atoms with Crippen LogP contribution in [0.15, 0.2) is 24.3 Å². The fourth-order valence-electron chi connectivity index (χ4n) is 3.20. The molecule has 0 saturated carbocycles. The van der Waals surface area contributed by atoms with E-state index in [0.717, 1.165) is 42.8 Å². The second-order valence-corrected chi connectivity index (χ2v) is 7.44. The Morgan fingerprint density at radius 1 is 1.14 bits per heavy atom. The number of hydrogen-bond acceptors (Lipinski definition) is 7. The van der Waals surface area contributed by atoms with Crippen molar-refractivity contribution in [2.45, 2.75) is 27.2 Å². The zero-order valence-electron chi connectivity index (χ0n) is 16.9. The first-order chi connectivity index (χ1) is 13.5. The quantitative estimate of drug-likeness (QED) is 0.767. The van der Waals surface area contributed by atoms with Gasteiger partial charge in [0.15, 0.2) is 5.82 Å². The Morgan fingerprint density at radius 2 is 1.82 bits per heavy atom. The Kier molecular flexibility index (Phi) is 6.61. The summed E-state index contributed by atoms with van der Waals surface area (Å²) in [5.74, 6) is 0.865. The highest BCUT2D eigenvalue weighted by atomic mass is 32.2. The highest BCUT2D eigenvalue weighted by molar-refractivity contribution is 8.14. The molecule has 8 heteroatoms. The van der Waals surface area contributed by atoms with Gasteiger partial charge in [-0.2, -0.15) is 0 Å². The van der Waals surface area contributed by atoms with Crippen molar-refractivity contribution in [3.05, 3.63) is 41.2 Å². The third-order valence-electron chi connectivity index (χ3n) is 4.95. The average molecular weight is 402 g/mol. The molecule has 1 fully saturated rings. The Morgan fingerprint density at radius 3 is 2.50 bits per heavy atom. The fourth-order valence-corrected chi connectivity index (χ4v) is 3.82.